The molecule has 0 saturated carbocycles. The van der Waals surface area contributed by atoms with E-state index in [0.29, 0.717) is 0 Å². The Kier molecular flexibility index (Phi) is 4.24. The Morgan fingerprint density at radius 2 is 2.35 bits per heavy atom. The third kappa shape index (κ3) is 3.58. The Morgan fingerprint density at radius 3 is 3.00 bits per heavy atom. The third-order valence-electron chi connectivity index (χ3n) is 3.84. The Labute approximate surface area is 104 Å². The quantitative estimate of drug-likeness (QED) is 0.659. The van der Waals surface area contributed by atoms with Crippen molar-refractivity contribution in [2.24, 2.45) is 5.92 Å². The van der Waals surface area contributed by atoms with Gasteiger partial charge in [0.05, 0.1) is 0 Å². The molecule has 2 rings (SSSR count). The zero-order valence-corrected chi connectivity index (χ0v) is 11.1. The molecule has 1 saturated heterocycles. The second kappa shape index (κ2) is 5.69. The van der Waals surface area contributed by atoms with Gasteiger partial charge in [-0.1, -0.05) is 13.8 Å². The summed E-state index contributed by atoms with van der Waals surface area (Å²) < 4.78 is 0. The molecule has 1 fully saturated rings. The SMILES string of the molecule is CC(C)(CNCCC1CCNC1)c1cc[nH]c1. The van der Waals surface area contributed by atoms with Crippen molar-refractivity contribution >= 4 is 0 Å². The van der Waals surface area contributed by atoms with Gasteiger partial charge in [0.2, 0.25) is 0 Å². The molecule has 96 valence electrons. The fourth-order valence-corrected chi connectivity index (χ4v) is 2.51. The van der Waals surface area contributed by atoms with Crippen LogP contribution in [0.5, 0.6) is 0 Å². The maximum Gasteiger partial charge on any atom is 0.00437 e. The van der Waals surface area contributed by atoms with E-state index in [-0.39, 0.29) is 5.41 Å². The van der Waals surface area contributed by atoms with Gasteiger partial charge in [-0.15, -0.1) is 0 Å². The lowest BCUT2D eigenvalue weighted by molar-refractivity contribution is 0.438. The van der Waals surface area contributed by atoms with Crippen molar-refractivity contribution in [3.05, 3.63) is 24.0 Å². The standard InChI is InChI=1S/C14H25N3/c1-14(2,13-5-8-16-10-13)11-17-7-4-12-3-6-15-9-12/h5,8,10,12,15-17H,3-4,6-7,9,11H2,1-2H3. The largest absolute Gasteiger partial charge is 0.367 e. The molecule has 1 aliphatic rings. The fraction of sp³-hybridized carbons (Fsp3) is 0.714. The summed E-state index contributed by atoms with van der Waals surface area (Å²) in [7, 11) is 0. The highest BCUT2D eigenvalue weighted by atomic mass is 14.9. The first-order valence-corrected chi connectivity index (χ1v) is 6.73. The number of rotatable bonds is 6. The van der Waals surface area contributed by atoms with Crippen LogP contribution < -0.4 is 10.6 Å². The van der Waals surface area contributed by atoms with Gasteiger partial charge in [-0.25, -0.2) is 0 Å². The summed E-state index contributed by atoms with van der Waals surface area (Å²) in [5.41, 5.74) is 1.60. The van der Waals surface area contributed by atoms with Crippen LogP contribution in [-0.2, 0) is 5.41 Å². The van der Waals surface area contributed by atoms with Crippen LogP contribution in [0.15, 0.2) is 18.5 Å². The zero-order valence-electron chi connectivity index (χ0n) is 11.1. The van der Waals surface area contributed by atoms with Gasteiger partial charge in [-0.3, -0.25) is 0 Å². The van der Waals surface area contributed by atoms with Crippen LogP contribution in [0.3, 0.4) is 0 Å². The zero-order chi connectivity index (χ0) is 12.1. The number of hydrogen-bond acceptors (Lipinski definition) is 2. The van der Waals surface area contributed by atoms with Crippen LogP contribution in [0.4, 0.5) is 0 Å². The van der Waals surface area contributed by atoms with E-state index in [9.17, 15) is 0 Å². The van der Waals surface area contributed by atoms with Gasteiger partial charge in [0.25, 0.3) is 0 Å². The van der Waals surface area contributed by atoms with Gasteiger partial charge in [0.1, 0.15) is 0 Å². The minimum Gasteiger partial charge on any atom is -0.367 e. The van der Waals surface area contributed by atoms with E-state index in [1.165, 1.54) is 31.5 Å². The molecule has 0 amide bonds. The van der Waals surface area contributed by atoms with E-state index in [0.717, 1.165) is 19.0 Å². The average Bonchev–Trinajstić information content (AvgIpc) is 2.97. The Bertz CT molecular complexity index is 310. The Balaban J connectivity index is 1.67. The van der Waals surface area contributed by atoms with E-state index in [2.05, 4.69) is 41.7 Å². The summed E-state index contributed by atoms with van der Waals surface area (Å²) in [5.74, 6) is 0.887. The van der Waals surface area contributed by atoms with E-state index >= 15 is 0 Å². The van der Waals surface area contributed by atoms with E-state index in [1.54, 1.807) is 0 Å². The average molecular weight is 235 g/mol. The summed E-state index contributed by atoms with van der Waals surface area (Å²) in [6.07, 6.45) is 6.75. The van der Waals surface area contributed by atoms with Gasteiger partial charge in [0, 0.05) is 24.4 Å². The molecule has 1 unspecified atom stereocenters. The first-order valence-electron chi connectivity index (χ1n) is 6.73. The number of hydrogen-bond donors (Lipinski definition) is 3. The molecule has 0 aliphatic carbocycles. The predicted molar refractivity (Wildman–Crippen MR) is 72.3 cm³/mol. The van der Waals surface area contributed by atoms with Crippen LogP contribution >= 0.6 is 0 Å². The topological polar surface area (TPSA) is 39.8 Å². The molecular formula is C14H25N3. The number of nitrogens with one attached hydrogen (secondary N) is 3. The Morgan fingerprint density at radius 1 is 1.47 bits per heavy atom. The highest BCUT2D eigenvalue weighted by Gasteiger charge is 2.20. The van der Waals surface area contributed by atoms with Gasteiger partial charge < -0.3 is 15.6 Å². The molecule has 1 aliphatic heterocycles. The van der Waals surface area contributed by atoms with E-state index < -0.39 is 0 Å². The van der Waals surface area contributed by atoms with Gasteiger partial charge in [-0.2, -0.15) is 0 Å². The lowest BCUT2D eigenvalue weighted by Gasteiger charge is -2.24. The third-order valence-corrected chi connectivity index (χ3v) is 3.84. The van der Waals surface area contributed by atoms with Gasteiger partial charge >= 0.3 is 0 Å². The van der Waals surface area contributed by atoms with Crippen molar-refractivity contribution in [3.63, 3.8) is 0 Å². The second-order valence-corrected chi connectivity index (χ2v) is 5.81. The summed E-state index contributed by atoms with van der Waals surface area (Å²) in [6, 6.07) is 2.17. The summed E-state index contributed by atoms with van der Waals surface area (Å²) in [4.78, 5) is 3.13. The lowest BCUT2D eigenvalue weighted by atomic mass is 9.86. The van der Waals surface area contributed by atoms with E-state index in [1.807, 2.05) is 6.20 Å². The molecular weight excluding hydrogens is 210 g/mol. The van der Waals surface area contributed by atoms with Crippen molar-refractivity contribution in [2.45, 2.75) is 32.1 Å². The summed E-state index contributed by atoms with van der Waals surface area (Å²) >= 11 is 0. The molecule has 3 N–H and O–H groups in total. The monoisotopic (exact) mass is 235 g/mol. The second-order valence-electron chi connectivity index (χ2n) is 5.81. The molecule has 1 atom stereocenters. The highest BCUT2D eigenvalue weighted by molar-refractivity contribution is 5.20. The minimum absolute atomic E-state index is 0.216. The van der Waals surface area contributed by atoms with Crippen LogP contribution in [-0.4, -0.2) is 31.2 Å². The van der Waals surface area contributed by atoms with Crippen LogP contribution in [0.1, 0.15) is 32.3 Å². The molecule has 0 radical (unpaired) electrons. The van der Waals surface area contributed by atoms with Crippen LogP contribution in [0.2, 0.25) is 0 Å². The van der Waals surface area contributed by atoms with Crippen molar-refractivity contribution in [1.82, 2.24) is 15.6 Å². The highest BCUT2D eigenvalue weighted by Crippen LogP contribution is 2.21. The normalized spacial score (nSPS) is 20.9. The minimum atomic E-state index is 0.216. The molecule has 0 bridgehead atoms. The van der Waals surface area contributed by atoms with Gasteiger partial charge in [0.15, 0.2) is 0 Å². The van der Waals surface area contributed by atoms with Crippen LogP contribution in [0.25, 0.3) is 0 Å². The predicted octanol–water partition coefficient (Wildman–Crippen LogP) is 1.88. The molecule has 0 aromatic carbocycles. The molecule has 1 aromatic heterocycles. The molecule has 2 heterocycles. The van der Waals surface area contributed by atoms with Crippen LogP contribution in [0, 0.1) is 5.92 Å². The maximum absolute atomic E-state index is 3.60. The van der Waals surface area contributed by atoms with Crippen molar-refractivity contribution in [3.8, 4) is 0 Å². The van der Waals surface area contributed by atoms with Crippen molar-refractivity contribution < 1.29 is 0 Å². The molecule has 3 nitrogen and oxygen atoms in total. The maximum atomic E-state index is 3.60. The fourth-order valence-electron chi connectivity index (χ4n) is 2.51. The molecule has 17 heavy (non-hydrogen) atoms. The first kappa shape index (κ1) is 12.7. The summed E-state index contributed by atoms with van der Waals surface area (Å²) in [6.45, 7) is 9.19. The molecule has 1 aromatic rings. The number of aromatic nitrogens is 1. The lowest BCUT2D eigenvalue weighted by Crippen LogP contribution is -2.33. The van der Waals surface area contributed by atoms with Crippen molar-refractivity contribution in [2.75, 3.05) is 26.2 Å². The molecule has 3 heteroatoms. The molecule has 0 spiro atoms. The van der Waals surface area contributed by atoms with Gasteiger partial charge in [-0.05, 0) is 50.0 Å². The number of aromatic amines is 1. The summed E-state index contributed by atoms with van der Waals surface area (Å²) in [5, 5.41) is 7.02. The van der Waals surface area contributed by atoms with E-state index in [4.69, 9.17) is 0 Å². The number of H-pyrrole nitrogens is 1. The van der Waals surface area contributed by atoms with Crippen molar-refractivity contribution in [1.29, 1.82) is 0 Å². The first-order chi connectivity index (χ1) is 8.18. The Hall–Kier alpha value is -0.800. The smallest absolute Gasteiger partial charge is 0.00437 e.